The van der Waals surface area contributed by atoms with Gasteiger partial charge in [0.15, 0.2) is 0 Å². The maximum atomic E-state index is 12.4. The van der Waals surface area contributed by atoms with Crippen molar-refractivity contribution in [2.24, 2.45) is 0 Å². The van der Waals surface area contributed by atoms with Gasteiger partial charge in [0.1, 0.15) is 5.01 Å². The molecule has 8 nitrogen and oxygen atoms in total. The fourth-order valence-electron chi connectivity index (χ4n) is 2.44. The van der Waals surface area contributed by atoms with Crippen LogP contribution in [0.15, 0.2) is 34.7 Å². The highest BCUT2D eigenvalue weighted by molar-refractivity contribution is 7.90. The van der Waals surface area contributed by atoms with Crippen LogP contribution in [0.3, 0.4) is 0 Å². The summed E-state index contributed by atoms with van der Waals surface area (Å²) in [5.41, 5.74) is 0.357. The second kappa shape index (κ2) is 8.05. The molecule has 3 N–H and O–H groups in total. The molecule has 0 radical (unpaired) electrons. The van der Waals surface area contributed by atoms with Crippen LogP contribution in [0.5, 0.6) is 0 Å². The Kier molecular flexibility index (Phi) is 6.22. The number of aromatic nitrogens is 1. The number of hydrogen-bond donors (Lipinski definition) is 3. The quantitative estimate of drug-likeness (QED) is 0.670. The van der Waals surface area contributed by atoms with Crippen molar-refractivity contribution in [1.29, 1.82) is 0 Å². The van der Waals surface area contributed by atoms with E-state index >= 15 is 0 Å². The highest BCUT2D eigenvalue weighted by Crippen LogP contribution is 2.22. The molecular formula is C17H22N4O4S2. The van der Waals surface area contributed by atoms with Crippen molar-refractivity contribution in [3.63, 3.8) is 0 Å². The van der Waals surface area contributed by atoms with Gasteiger partial charge in [-0.2, -0.15) is 0 Å². The molecule has 0 aliphatic heterocycles. The largest absolute Gasteiger partial charge is 0.344 e. The van der Waals surface area contributed by atoms with Gasteiger partial charge in [-0.05, 0) is 38.0 Å². The number of sulfonamides is 1. The molecule has 3 amide bonds. The molecule has 0 spiro atoms. The second-order valence-corrected chi connectivity index (χ2v) is 9.02. The predicted octanol–water partition coefficient (Wildman–Crippen LogP) is 1.66. The molecule has 1 aromatic carbocycles. The van der Waals surface area contributed by atoms with Crippen LogP contribution < -0.4 is 15.4 Å². The van der Waals surface area contributed by atoms with Gasteiger partial charge < -0.3 is 10.6 Å². The van der Waals surface area contributed by atoms with Crippen molar-refractivity contribution >= 4 is 33.3 Å². The number of amides is 3. The summed E-state index contributed by atoms with van der Waals surface area (Å²) in [6.45, 7) is 5.32. The molecule has 0 saturated carbocycles. The molecule has 0 atom stereocenters. The summed E-state index contributed by atoms with van der Waals surface area (Å²) in [6.07, 6.45) is 1.67. The first-order valence-electron chi connectivity index (χ1n) is 8.10. The Bertz CT molecular complexity index is 938. The van der Waals surface area contributed by atoms with Crippen molar-refractivity contribution in [2.45, 2.75) is 37.6 Å². The number of benzene rings is 1. The summed E-state index contributed by atoms with van der Waals surface area (Å²) in [7, 11) is -2.71. The molecule has 1 aromatic heterocycles. The van der Waals surface area contributed by atoms with E-state index in [0.29, 0.717) is 11.1 Å². The monoisotopic (exact) mass is 410 g/mol. The molecule has 0 unspecified atom stereocenters. The molecule has 0 aliphatic rings. The lowest BCUT2D eigenvalue weighted by Gasteiger charge is -2.24. The molecule has 27 heavy (non-hydrogen) atoms. The Morgan fingerprint density at radius 3 is 2.56 bits per heavy atom. The summed E-state index contributed by atoms with van der Waals surface area (Å²) < 4.78 is 26.6. The molecule has 0 saturated heterocycles. The predicted molar refractivity (Wildman–Crippen MR) is 103 cm³/mol. The number of aryl methyl sites for hydroxylation is 1. The highest BCUT2D eigenvalue weighted by atomic mass is 32.2. The van der Waals surface area contributed by atoms with Crippen LogP contribution in [0.4, 0.5) is 4.79 Å². The number of urea groups is 1. The fourth-order valence-corrected chi connectivity index (χ4v) is 4.41. The zero-order valence-electron chi connectivity index (χ0n) is 15.5. The van der Waals surface area contributed by atoms with E-state index in [9.17, 15) is 18.0 Å². The van der Waals surface area contributed by atoms with E-state index in [2.05, 4.69) is 15.6 Å². The van der Waals surface area contributed by atoms with Gasteiger partial charge in [-0.15, -0.1) is 11.3 Å². The molecule has 0 fully saturated rings. The van der Waals surface area contributed by atoms with Gasteiger partial charge in [0.25, 0.3) is 10.0 Å². The van der Waals surface area contributed by atoms with E-state index in [4.69, 9.17) is 0 Å². The molecule has 2 aromatic rings. The summed E-state index contributed by atoms with van der Waals surface area (Å²) >= 11 is 1.44. The van der Waals surface area contributed by atoms with Crippen LogP contribution >= 0.6 is 11.3 Å². The molecular weight excluding hydrogens is 388 g/mol. The molecule has 146 valence electrons. The average molecular weight is 411 g/mol. The number of rotatable bonds is 6. The first kappa shape index (κ1) is 20.8. The normalized spacial score (nSPS) is 11.7. The first-order chi connectivity index (χ1) is 12.5. The second-order valence-electron chi connectivity index (χ2n) is 6.47. The van der Waals surface area contributed by atoms with Gasteiger partial charge in [0, 0.05) is 18.6 Å². The molecule has 10 heteroatoms. The van der Waals surface area contributed by atoms with Crippen LogP contribution in [0.1, 0.15) is 30.0 Å². The van der Waals surface area contributed by atoms with E-state index in [1.165, 1.54) is 24.5 Å². The third kappa shape index (κ3) is 5.27. The fraction of sp³-hybridized carbons (Fsp3) is 0.353. The Morgan fingerprint density at radius 2 is 1.96 bits per heavy atom. The van der Waals surface area contributed by atoms with Crippen molar-refractivity contribution in [3.8, 4) is 0 Å². The minimum Gasteiger partial charge on any atom is -0.344 e. The van der Waals surface area contributed by atoms with E-state index in [-0.39, 0.29) is 17.2 Å². The first-order valence-corrected chi connectivity index (χ1v) is 10.5. The SMILES string of the molecule is CNC(=O)NS(=O)(=O)c1cc(CC(=O)NC(C)(C)c2nccs2)ccc1C. The number of carbonyl (C=O) groups excluding carboxylic acids is 2. The van der Waals surface area contributed by atoms with Crippen LogP contribution in [-0.2, 0) is 26.8 Å². The van der Waals surface area contributed by atoms with Gasteiger partial charge >= 0.3 is 6.03 Å². The summed E-state index contributed by atoms with van der Waals surface area (Å²) in [6, 6.07) is 3.86. The van der Waals surface area contributed by atoms with Crippen LogP contribution in [0.25, 0.3) is 0 Å². The van der Waals surface area contributed by atoms with Crippen molar-refractivity contribution in [3.05, 3.63) is 45.9 Å². The van der Waals surface area contributed by atoms with Crippen molar-refractivity contribution in [2.75, 3.05) is 7.05 Å². The summed E-state index contributed by atoms with van der Waals surface area (Å²) in [5.74, 6) is -0.262. The van der Waals surface area contributed by atoms with Crippen LogP contribution in [-0.4, -0.2) is 32.4 Å². The lowest BCUT2D eigenvalue weighted by molar-refractivity contribution is -0.122. The Morgan fingerprint density at radius 1 is 1.26 bits per heavy atom. The number of nitrogens with zero attached hydrogens (tertiary/aromatic N) is 1. The number of thiazole rings is 1. The van der Waals surface area contributed by atoms with Gasteiger partial charge in [-0.25, -0.2) is 22.9 Å². The minimum atomic E-state index is -4.03. The summed E-state index contributed by atoms with van der Waals surface area (Å²) in [4.78, 5) is 28.0. The minimum absolute atomic E-state index is 0.00240. The lowest BCUT2D eigenvalue weighted by atomic mass is 10.0. The van der Waals surface area contributed by atoms with E-state index in [1.807, 2.05) is 23.9 Å². The molecule has 1 heterocycles. The van der Waals surface area contributed by atoms with E-state index < -0.39 is 21.6 Å². The van der Waals surface area contributed by atoms with Gasteiger partial charge in [0.2, 0.25) is 5.91 Å². The number of carbonyl (C=O) groups is 2. The smallest absolute Gasteiger partial charge is 0.328 e. The van der Waals surface area contributed by atoms with E-state index in [1.54, 1.807) is 25.3 Å². The van der Waals surface area contributed by atoms with Crippen molar-refractivity contribution in [1.82, 2.24) is 20.3 Å². The standard InChI is InChI=1S/C17H22N4O4S2/c1-11-5-6-12(9-13(11)27(24,25)21-16(23)18-4)10-14(22)20-17(2,3)15-19-7-8-26-15/h5-9H,10H2,1-4H3,(H,20,22)(H2,18,21,23). The Labute approximate surface area is 162 Å². The zero-order chi connectivity index (χ0) is 20.2. The third-order valence-electron chi connectivity index (χ3n) is 3.78. The topological polar surface area (TPSA) is 117 Å². The number of hydrogen-bond acceptors (Lipinski definition) is 6. The van der Waals surface area contributed by atoms with Gasteiger partial charge in [-0.3, -0.25) is 4.79 Å². The zero-order valence-corrected chi connectivity index (χ0v) is 17.1. The molecule has 0 aliphatic carbocycles. The maximum absolute atomic E-state index is 12.4. The molecule has 0 bridgehead atoms. The van der Waals surface area contributed by atoms with Crippen LogP contribution in [0.2, 0.25) is 0 Å². The average Bonchev–Trinajstić information content (AvgIpc) is 3.11. The molecule has 2 rings (SSSR count). The summed E-state index contributed by atoms with van der Waals surface area (Å²) in [5, 5.41) is 7.71. The number of nitrogens with one attached hydrogen (secondary N) is 3. The third-order valence-corrected chi connectivity index (χ3v) is 6.35. The van der Waals surface area contributed by atoms with Gasteiger partial charge in [0.05, 0.1) is 16.9 Å². The lowest BCUT2D eigenvalue weighted by Crippen LogP contribution is -2.41. The van der Waals surface area contributed by atoms with E-state index in [0.717, 1.165) is 5.01 Å². The Hall–Kier alpha value is -2.46. The highest BCUT2D eigenvalue weighted by Gasteiger charge is 2.26. The Balaban J connectivity index is 2.18. The van der Waals surface area contributed by atoms with Crippen LogP contribution in [0, 0.1) is 6.92 Å². The van der Waals surface area contributed by atoms with Crippen molar-refractivity contribution < 1.29 is 18.0 Å². The van der Waals surface area contributed by atoms with Gasteiger partial charge in [-0.1, -0.05) is 12.1 Å². The maximum Gasteiger partial charge on any atom is 0.328 e.